The first-order valence-corrected chi connectivity index (χ1v) is 6.59. The number of nitrogens with one attached hydrogen (secondary N) is 1. The average Bonchev–Trinajstić information content (AvgIpc) is 2.83. The lowest BCUT2D eigenvalue weighted by Gasteiger charge is -2.20. The number of rotatable bonds is 3. The van der Waals surface area contributed by atoms with Gasteiger partial charge in [-0.2, -0.15) is 0 Å². The molecule has 0 bridgehead atoms. The van der Waals surface area contributed by atoms with Crippen LogP contribution in [0.2, 0.25) is 0 Å². The van der Waals surface area contributed by atoms with Crippen molar-refractivity contribution in [1.82, 2.24) is 10.3 Å². The number of aryl methyl sites for hydroxylation is 1. The van der Waals surface area contributed by atoms with E-state index in [4.69, 9.17) is 0 Å². The number of aromatic nitrogens is 1. The molecule has 0 aliphatic heterocycles. The van der Waals surface area contributed by atoms with E-state index < -0.39 is 0 Å². The highest BCUT2D eigenvalue weighted by Crippen LogP contribution is 2.32. The molecular weight excluding hydrogens is 220 g/mol. The smallest absolute Gasteiger partial charge is 0.0570 e. The van der Waals surface area contributed by atoms with Crippen LogP contribution in [-0.4, -0.2) is 4.98 Å². The summed E-state index contributed by atoms with van der Waals surface area (Å²) in [5, 5.41) is 3.69. The van der Waals surface area contributed by atoms with Crippen LogP contribution in [0.5, 0.6) is 0 Å². The topological polar surface area (TPSA) is 24.9 Å². The molecular formula is C16H18N2. The highest BCUT2D eigenvalue weighted by Gasteiger charge is 2.23. The Hall–Kier alpha value is -1.67. The minimum Gasteiger partial charge on any atom is -0.302 e. The van der Waals surface area contributed by atoms with Crippen LogP contribution >= 0.6 is 0 Å². The zero-order valence-corrected chi connectivity index (χ0v) is 10.6. The Morgan fingerprint density at radius 1 is 1.17 bits per heavy atom. The maximum absolute atomic E-state index is 4.41. The van der Waals surface area contributed by atoms with Gasteiger partial charge in [-0.05, 0) is 43.0 Å². The third kappa shape index (κ3) is 2.16. The molecule has 1 aliphatic carbocycles. The van der Waals surface area contributed by atoms with Gasteiger partial charge in [-0.3, -0.25) is 4.98 Å². The Kier molecular flexibility index (Phi) is 3.11. The van der Waals surface area contributed by atoms with E-state index in [-0.39, 0.29) is 0 Å². The van der Waals surface area contributed by atoms with Gasteiger partial charge in [0.05, 0.1) is 5.69 Å². The molecule has 2 atom stereocenters. The number of hydrogen-bond donors (Lipinski definition) is 1. The van der Waals surface area contributed by atoms with E-state index in [2.05, 4.69) is 47.6 Å². The van der Waals surface area contributed by atoms with Crippen molar-refractivity contribution in [3.05, 3.63) is 65.5 Å². The summed E-state index contributed by atoms with van der Waals surface area (Å²) in [4.78, 5) is 4.41. The third-order valence-corrected chi connectivity index (χ3v) is 3.72. The maximum Gasteiger partial charge on any atom is 0.0570 e. The third-order valence-electron chi connectivity index (χ3n) is 3.72. The highest BCUT2D eigenvalue weighted by atomic mass is 15.0. The number of benzene rings is 1. The van der Waals surface area contributed by atoms with Crippen LogP contribution in [0.4, 0.5) is 0 Å². The van der Waals surface area contributed by atoms with Crippen molar-refractivity contribution in [2.24, 2.45) is 0 Å². The molecule has 0 saturated carbocycles. The van der Waals surface area contributed by atoms with Crippen LogP contribution in [-0.2, 0) is 6.42 Å². The summed E-state index contributed by atoms with van der Waals surface area (Å²) < 4.78 is 0. The number of nitrogens with zero attached hydrogens (tertiary/aromatic N) is 1. The second-order valence-corrected chi connectivity index (χ2v) is 4.93. The van der Waals surface area contributed by atoms with Crippen molar-refractivity contribution < 1.29 is 0 Å². The first kappa shape index (κ1) is 11.4. The van der Waals surface area contributed by atoms with Crippen molar-refractivity contribution >= 4 is 0 Å². The summed E-state index contributed by atoms with van der Waals surface area (Å²) >= 11 is 0. The molecule has 1 aromatic heterocycles. The van der Waals surface area contributed by atoms with E-state index in [1.807, 2.05) is 18.3 Å². The van der Waals surface area contributed by atoms with Crippen LogP contribution in [0.15, 0.2) is 48.7 Å². The van der Waals surface area contributed by atoms with E-state index in [9.17, 15) is 0 Å². The van der Waals surface area contributed by atoms with Crippen LogP contribution in [0.25, 0.3) is 0 Å². The largest absolute Gasteiger partial charge is 0.302 e. The van der Waals surface area contributed by atoms with E-state index in [0.717, 1.165) is 5.69 Å². The Labute approximate surface area is 108 Å². The standard InChI is InChI=1S/C16H18N2/c1-12(15-8-4-5-11-17-15)18-16-10-9-13-6-2-3-7-14(13)16/h2-8,11-12,16,18H,9-10H2,1H3/t12-,16?/m1/s1. The molecule has 1 aliphatic rings. The lowest BCUT2D eigenvalue weighted by Crippen LogP contribution is -2.23. The molecule has 3 rings (SSSR count). The van der Waals surface area contributed by atoms with E-state index in [1.54, 1.807) is 0 Å². The molecule has 1 aromatic carbocycles. The van der Waals surface area contributed by atoms with Gasteiger partial charge in [0, 0.05) is 18.3 Å². The van der Waals surface area contributed by atoms with E-state index >= 15 is 0 Å². The summed E-state index contributed by atoms with van der Waals surface area (Å²) in [7, 11) is 0. The van der Waals surface area contributed by atoms with Gasteiger partial charge in [-0.25, -0.2) is 0 Å². The zero-order valence-electron chi connectivity index (χ0n) is 10.6. The molecule has 0 saturated heterocycles. The summed E-state index contributed by atoms with van der Waals surface area (Å²) in [6.07, 6.45) is 4.23. The van der Waals surface area contributed by atoms with Crippen molar-refractivity contribution in [3.8, 4) is 0 Å². The molecule has 2 nitrogen and oxygen atoms in total. The summed E-state index contributed by atoms with van der Waals surface area (Å²) in [6.45, 7) is 2.18. The quantitative estimate of drug-likeness (QED) is 0.886. The van der Waals surface area contributed by atoms with Gasteiger partial charge in [0.25, 0.3) is 0 Å². The van der Waals surface area contributed by atoms with Gasteiger partial charge < -0.3 is 5.32 Å². The lowest BCUT2D eigenvalue weighted by molar-refractivity contribution is 0.458. The molecule has 1 heterocycles. The van der Waals surface area contributed by atoms with Gasteiger partial charge in [0.1, 0.15) is 0 Å². The second kappa shape index (κ2) is 4.91. The molecule has 0 spiro atoms. The second-order valence-electron chi connectivity index (χ2n) is 4.93. The molecule has 2 aromatic rings. The average molecular weight is 238 g/mol. The molecule has 92 valence electrons. The van der Waals surface area contributed by atoms with Crippen LogP contribution in [0.3, 0.4) is 0 Å². The lowest BCUT2D eigenvalue weighted by atomic mass is 10.1. The van der Waals surface area contributed by atoms with Crippen LogP contribution in [0.1, 0.15) is 42.2 Å². The van der Waals surface area contributed by atoms with Gasteiger partial charge in [0.15, 0.2) is 0 Å². The fourth-order valence-corrected chi connectivity index (χ4v) is 2.75. The highest BCUT2D eigenvalue weighted by molar-refractivity contribution is 5.34. The van der Waals surface area contributed by atoms with Gasteiger partial charge in [0.2, 0.25) is 0 Å². The number of pyridine rings is 1. The molecule has 0 fully saturated rings. The summed E-state index contributed by atoms with van der Waals surface area (Å²) in [5.74, 6) is 0. The molecule has 0 amide bonds. The Morgan fingerprint density at radius 3 is 2.83 bits per heavy atom. The fourth-order valence-electron chi connectivity index (χ4n) is 2.75. The minimum atomic E-state index is 0.294. The Morgan fingerprint density at radius 2 is 2.00 bits per heavy atom. The fraction of sp³-hybridized carbons (Fsp3) is 0.312. The van der Waals surface area contributed by atoms with Crippen LogP contribution < -0.4 is 5.32 Å². The molecule has 0 radical (unpaired) electrons. The predicted molar refractivity (Wildman–Crippen MR) is 73.3 cm³/mol. The normalized spacial score (nSPS) is 19.5. The molecule has 2 heteroatoms. The van der Waals surface area contributed by atoms with Crippen molar-refractivity contribution in [2.45, 2.75) is 31.8 Å². The first-order valence-electron chi connectivity index (χ1n) is 6.59. The van der Waals surface area contributed by atoms with Crippen molar-refractivity contribution in [3.63, 3.8) is 0 Å². The van der Waals surface area contributed by atoms with Gasteiger partial charge >= 0.3 is 0 Å². The first-order chi connectivity index (χ1) is 8.84. The SMILES string of the molecule is C[C@@H](NC1CCc2ccccc21)c1ccccn1. The number of hydrogen-bond acceptors (Lipinski definition) is 2. The van der Waals surface area contributed by atoms with E-state index in [0.29, 0.717) is 12.1 Å². The monoisotopic (exact) mass is 238 g/mol. The number of fused-ring (bicyclic) bond motifs is 1. The van der Waals surface area contributed by atoms with Crippen LogP contribution in [0, 0.1) is 0 Å². The summed E-state index contributed by atoms with van der Waals surface area (Å²) in [6, 6.07) is 15.6. The van der Waals surface area contributed by atoms with E-state index in [1.165, 1.54) is 24.0 Å². The molecule has 1 unspecified atom stereocenters. The molecule has 18 heavy (non-hydrogen) atoms. The predicted octanol–water partition coefficient (Wildman–Crippen LogP) is 3.42. The Bertz CT molecular complexity index is 522. The zero-order chi connectivity index (χ0) is 12.4. The minimum absolute atomic E-state index is 0.294. The van der Waals surface area contributed by atoms with Crippen molar-refractivity contribution in [2.75, 3.05) is 0 Å². The molecule has 1 N–H and O–H groups in total. The Balaban J connectivity index is 1.75. The van der Waals surface area contributed by atoms with Crippen molar-refractivity contribution in [1.29, 1.82) is 0 Å². The van der Waals surface area contributed by atoms with Gasteiger partial charge in [-0.15, -0.1) is 0 Å². The maximum atomic E-state index is 4.41. The van der Waals surface area contributed by atoms with Gasteiger partial charge in [-0.1, -0.05) is 30.3 Å². The summed E-state index contributed by atoms with van der Waals surface area (Å²) in [5.41, 5.74) is 4.06.